The van der Waals surface area contributed by atoms with E-state index in [4.69, 9.17) is 10.5 Å². The van der Waals surface area contributed by atoms with Gasteiger partial charge in [0.1, 0.15) is 12.4 Å². The third-order valence-corrected chi connectivity index (χ3v) is 3.16. The maximum absolute atomic E-state index is 5.85. The maximum atomic E-state index is 5.85. The Labute approximate surface area is 132 Å². The van der Waals surface area contributed by atoms with E-state index >= 15 is 0 Å². The number of ether oxygens (including phenoxy) is 1. The summed E-state index contributed by atoms with van der Waals surface area (Å²) in [5.41, 5.74) is 10.4. The van der Waals surface area contributed by atoms with Gasteiger partial charge in [-0.3, -0.25) is 0 Å². The molecule has 2 aromatic rings. The zero-order valence-electron chi connectivity index (χ0n) is 13.4. The number of nitrogens with two attached hydrogens (primary N) is 1. The smallest absolute Gasteiger partial charge is 0.193 e. The van der Waals surface area contributed by atoms with Crippen molar-refractivity contribution >= 4 is 11.6 Å². The van der Waals surface area contributed by atoms with Gasteiger partial charge in [-0.2, -0.15) is 0 Å². The Morgan fingerprint density at radius 2 is 1.64 bits per heavy atom. The summed E-state index contributed by atoms with van der Waals surface area (Å²) in [6.07, 6.45) is 0. The first kappa shape index (κ1) is 15.9. The molecule has 0 atom stereocenters. The van der Waals surface area contributed by atoms with Crippen molar-refractivity contribution in [2.75, 3.05) is 18.5 Å². The van der Waals surface area contributed by atoms with Crippen LogP contribution in [0.3, 0.4) is 0 Å². The van der Waals surface area contributed by atoms with E-state index in [-0.39, 0.29) is 0 Å². The van der Waals surface area contributed by atoms with Crippen molar-refractivity contribution in [2.24, 2.45) is 10.7 Å². The van der Waals surface area contributed by atoms with E-state index in [0.29, 0.717) is 19.1 Å². The number of nitrogens with zero attached hydrogens (tertiary/aromatic N) is 1. The Morgan fingerprint density at radius 1 is 1.00 bits per heavy atom. The minimum atomic E-state index is 0.396. The number of anilines is 1. The number of nitrogens with one attached hydrogen (secondary N) is 1. The van der Waals surface area contributed by atoms with Crippen molar-refractivity contribution in [1.29, 1.82) is 0 Å². The number of hydrogen-bond acceptors (Lipinski definition) is 2. The molecule has 0 aliphatic rings. The van der Waals surface area contributed by atoms with Crippen LogP contribution in [0.2, 0.25) is 0 Å². The zero-order valence-corrected chi connectivity index (χ0v) is 13.4. The highest BCUT2D eigenvalue weighted by Gasteiger charge is 1.98. The fourth-order valence-electron chi connectivity index (χ4n) is 2.17. The molecule has 2 rings (SSSR count). The second-order valence-corrected chi connectivity index (χ2v) is 5.43. The SMILES string of the molecule is Cc1ccc(NC(N)=NCCOc2cc(C)cc(C)c2)cc1. The fraction of sp³-hybridized carbons (Fsp3) is 0.278. The average Bonchev–Trinajstić information content (AvgIpc) is 2.45. The molecule has 0 heterocycles. The molecule has 0 aromatic heterocycles. The molecule has 0 amide bonds. The number of hydrogen-bond donors (Lipinski definition) is 2. The second kappa shape index (κ2) is 7.50. The van der Waals surface area contributed by atoms with Crippen molar-refractivity contribution in [1.82, 2.24) is 0 Å². The average molecular weight is 297 g/mol. The van der Waals surface area contributed by atoms with Gasteiger partial charge in [-0.25, -0.2) is 4.99 Å². The summed E-state index contributed by atoms with van der Waals surface area (Å²) < 4.78 is 5.69. The molecule has 0 aliphatic heterocycles. The lowest BCUT2D eigenvalue weighted by molar-refractivity contribution is 0.328. The number of benzene rings is 2. The third kappa shape index (κ3) is 5.13. The lowest BCUT2D eigenvalue weighted by Crippen LogP contribution is -2.23. The zero-order chi connectivity index (χ0) is 15.9. The monoisotopic (exact) mass is 297 g/mol. The first-order chi connectivity index (χ1) is 10.5. The van der Waals surface area contributed by atoms with Gasteiger partial charge in [-0.15, -0.1) is 0 Å². The number of aryl methyl sites for hydroxylation is 3. The fourth-order valence-corrected chi connectivity index (χ4v) is 2.17. The van der Waals surface area contributed by atoms with E-state index in [1.165, 1.54) is 16.7 Å². The topological polar surface area (TPSA) is 59.6 Å². The van der Waals surface area contributed by atoms with Gasteiger partial charge in [-0.05, 0) is 56.2 Å². The minimum Gasteiger partial charge on any atom is -0.492 e. The van der Waals surface area contributed by atoms with Crippen LogP contribution >= 0.6 is 0 Å². The van der Waals surface area contributed by atoms with Crippen molar-refractivity contribution in [3.63, 3.8) is 0 Å². The Balaban J connectivity index is 1.80. The molecule has 0 saturated carbocycles. The second-order valence-electron chi connectivity index (χ2n) is 5.43. The summed E-state index contributed by atoms with van der Waals surface area (Å²) >= 11 is 0. The lowest BCUT2D eigenvalue weighted by atomic mass is 10.1. The molecule has 0 saturated heterocycles. The van der Waals surface area contributed by atoms with Crippen molar-refractivity contribution in [3.05, 3.63) is 59.2 Å². The van der Waals surface area contributed by atoms with Gasteiger partial charge in [0.15, 0.2) is 5.96 Å². The Kier molecular flexibility index (Phi) is 5.42. The summed E-state index contributed by atoms with van der Waals surface area (Å²) in [6.45, 7) is 7.17. The van der Waals surface area contributed by atoms with Crippen LogP contribution in [0.5, 0.6) is 5.75 Å². The Hall–Kier alpha value is -2.49. The molecule has 0 radical (unpaired) electrons. The minimum absolute atomic E-state index is 0.396. The molecule has 4 nitrogen and oxygen atoms in total. The summed E-state index contributed by atoms with van der Waals surface area (Å²) in [4.78, 5) is 4.26. The highest BCUT2D eigenvalue weighted by Crippen LogP contribution is 2.15. The molecular formula is C18H23N3O. The van der Waals surface area contributed by atoms with E-state index in [1.54, 1.807) is 0 Å². The largest absolute Gasteiger partial charge is 0.492 e. The van der Waals surface area contributed by atoms with Crippen molar-refractivity contribution in [3.8, 4) is 5.75 Å². The van der Waals surface area contributed by atoms with Crippen LogP contribution in [-0.2, 0) is 0 Å². The van der Waals surface area contributed by atoms with E-state index in [1.807, 2.05) is 43.3 Å². The molecule has 116 valence electrons. The van der Waals surface area contributed by atoms with Gasteiger partial charge in [0.25, 0.3) is 0 Å². The van der Waals surface area contributed by atoms with Gasteiger partial charge in [0, 0.05) is 5.69 Å². The van der Waals surface area contributed by atoms with E-state index < -0.39 is 0 Å². The maximum Gasteiger partial charge on any atom is 0.193 e. The number of rotatable bonds is 5. The summed E-state index contributed by atoms with van der Waals surface area (Å²) in [5, 5.41) is 3.06. The van der Waals surface area contributed by atoms with E-state index in [0.717, 1.165) is 11.4 Å². The molecule has 0 aliphatic carbocycles. The molecule has 4 heteroatoms. The molecule has 2 aromatic carbocycles. The van der Waals surface area contributed by atoms with E-state index in [9.17, 15) is 0 Å². The van der Waals surface area contributed by atoms with Crippen LogP contribution in [0.25, 0.3) is 0 Å². The van der Waals surface area contributed by atoms with Crippen LogP contribution in [-0.4, -0.2) is 19.1 Å². The Bertz CT molecular complexity index is 628. The highest BCUT2D eigenvalue weighted by molar-refractivity contribution is 5.92. The number of guanidine groups is 1. The normalized spacial score (nSPS) is 11.3. The third-order valence-electron chi connectivity index (χ3n) is 3.16. The molecule has 3 N–H and O–H groups in total. The van der Waals surface area contributed by atoms with Gasteiger partial charge in [0.2, 0.25) is 0 Å². The van der Waals surface area contributed by atoms with Crippen molar-refractivity contribution in [2.45, 2.75) is 20.8 Å². The molecule has 0 bridgehead atoms. The van der Waals surface area contributed by atoms with Gasteiger partial charge in [0.05, 0.1) is 6.54 Å². The quantitative estimate of drug-likeness (QED) is 0.505. The van der Waals surface area contributed by atoms with Gasteiger partial charge in [-0.1, -0.05) is 23.8 Å². The molecule has 0 fully saturated rings. The molecular weight excluding hydrogens is 274 g/mol. The van der Waals surface area contributed by atoms with Crippen LogP contribution in [0.4, 0.5) is 5.69 Å². The lowest BCUT2D eigenvalue weighted by Gasteiger charge is -2.08. The van der Waals surface area contributed by atoms with Crippen LogP contribution < -0.4 is 15.8 Å². The summed E-state index contributed by atoms with van der Waals surface area (Å²) in [6, 6.07) is 14.2. The summed E-state index contributed by atoms with van der Waals surface area (Å²) in [7, 11) is 0. The molecule has 0 unspecified atom stereocenters. The highest BCUT2D eigenvalue weighted by atomic mass is 16.5. The van der Waals surface area contributed by atoms with Crippen LogP contribution in [0.1, 0.15) is 16.7 Å². The van der Waals surface area contributed by atoms with Crippen LogP contribution in [0.15, 0.2) is 47.5 Å². The predicted octanol–water partition coefficient (Wildman–Crippen LogP) is 3.42. The molecule has 0 spiro atoms. The molecule has 22 heavy (non-hydrogen) atoms. The van der Waals surface area contributed by atoms with Crippen molar-refractivity contribution < 1.29 is 4.74 Å². The van der Waals surface area contributed by atoms with Gasteiger partial charge < -0.3 is 15.8 Å². The first-order valence-electron chi connectivity index (χ1n) is 7.37. The number of aliphatic imine (C=N–C) groups is 1. The van der Waals surface area contributed by atoms with Crippen LogP contribution in [0, 0.1) is 20.8 Å². The van der Waals surface area contributed by atoms with E-state index in [2.05, 4.69) is 30.2 Å². The standard InChI is InChI=1S/C18H23N3O/c1-13-4-6-16(7-5-13)21-18(19)20-8-9-22-17-11-14(2)10-15(3)12-17/h4-7,10-12H,8-9H2,1-3H3,(H3,19,20,21). The first-order valence-corrected chi connectivity index (χ1v) is 7.37. The Morgan fingerprint density at radius 3 is 2.27 bits per heavy atom. The van der Waals surface area contributed by atoms with Gasteiger partial charge >= 0.3 is 0 Å². The summed E-state index contributed by atoms with van der Waals surface area (Å²) in [5.74, 6) is 1.27. The predicted molar refractivity (Wildman–Crippen MR) is 92.7 cm³/mol.